The highest BCUT2D eigenvalue weighted by Gasteiger charge is 2.14. The Morgan fingerprint density at radius 3 is 2.25 bits per heavy atom. The van der Waals surface area contributed by atoms with Crippen molar-refractivity contribution in [3.63, 3.8) is 0 Å². The molecule has 0 saturated carbocycles. The van der Waals surface area contributed by atoms with Crippen LogP contribution in [0.15, 0.2) is 57.7 Å². The molecule has 0 radical (unpaired) electrons. The summed E-state index contributed by atoms with van der Waals surface area (Å²) in [5.41, 5.74) is 17.3. The third-order valence-electron chi connectivity index (χ3n) is 3.40. The molecule has 3 rings (SSSR count). The molecule has 3 aromatic rings. The summed E-state index contributed by atoms with van der Waals surface area (Å²) in [6.07, 6.45) is 0. The van der Waals surface area contributed by atoms with E-state index in [2.05, 4.69) is 0 Å². The van der Waals surface area contributed by atoms with Crippen molar-refractivity contribution in [1.82, 2.24) is 0 Å². The highest BCUT2D eigenvalue weighted by Crippen LogP contribution is 2.25. The van der Waals surface area contributed by atoms with Crippen molar-refractivity contribution in [3.05, 3.63) is 59.0 Å². The molecule has 0 bridgehead atoms. The maximum atomic E-state index is 12.2. The van der Waals surface area contributed by atoms with Crippen molar-refractivity contribution in [2.45, 2.75) is 5.97 Å². The lowest BCUT2D eigenvalue weighted by atomic mass is 10.1. The summed E-state index contributed by atoms with van der Waals surface area (Å²) in [5, 5.41) is 0.788. The molecule has 0 fully saturated rings. The SMILES string of the molecule is COc1ccc2cc(-c3ccc(OC(N)(N)N)cc3)c(=O)oc2c1. The van der Waals surface area contributed by atoms with Gasteiger partial charge in [0.05, 0.1) is 12.7 Å². The molecule has 0 aliphatic rings. The first-order valence-electron chi connectivity index (χ1n) is 7.14. The summed E-state index contributed by atoms with van der Waals surface area (Å²) in [6, 6.07) is 13.7. The maximum absolute atomic E-state index is 12.2. The Morgan fingerprint density at radius 1 is 0.958 bits per heavy atom. The molecule has 0 amide bonds. The van der Waals surface area contributed by atoms with Gasteiger partial charge in [0.25, 0.3) is 5.97 Å². The second kappa shape index (κ2) is 5.97. The van der Waals surface area contributed by atoms with E-state index in [4.69, 9.17) is 31.1 Å². The number of ether oxygens (including phenoxy) is 2. The summed E-state index contributed by atoms with van der Waals surface area (Å²) in [6.45, 7) is 0. The normalized spacial score (nSPS) is 11.5. The molecular formula is C17H17N3O4. The van der Waals surface area contributed by atoms with Crippen LogP contribution >= 0.6 is 0 Å². The third-order valence-corrected chi connectivity index (χ3v) is 3.40. The van der Waals surface area contributed by atoms with E-state index in [-0.39, 0.29) is 0 Å². The molecule has 0 spiro atoms. The van der Waals surface area contributed by atoms with Gasteiger partial charge in [-0.1, -0.05) is 12.1 Å². The van der Waals surface area contributed by atoms with Crippen molar-refractivity contribution in [2.75, 3.05) is 7.11 Å². The Kier molecular flexibility index (Phi) is 3.98. The van der Waals surface area contributed by atoms with Gasteiger partial charge in [-0.05, 0) is 35.9 Å². The second-order valence-corrected chi connectivity index (χ2v) is 5.33. The van der Waals surface area contributed by atoms with E-state index < -0.39 is 11.6 Å². The van der Waals surface area contributed by atoms with Crippen LogP contribution in [0.2, 0.25) is 0 Å². The zero-order valence-corrected chi connectivity index (χ0v) is 13.0. The smallest absolute Gasteiger partial charge is 0.344 e. The van der Waals surface area contributed by atoms with E-state index in [1.807, 2.05) is 6.07 Å². The van der Waals surface area contributed by atoms with Crippen LogP contribution in [0.5, 0.6) is 11.5 Å². The van der Waals surface area contributed by atoms with Crippen molar-refractivity contribution in [2.24, 2.45) is 17.2 Å². The van der Waals surface area contributed by atoms with Crippen LogP contribution in [0, 0.1) is 0 Å². The molecule has 2 aromatic carbocycles. The minimum atomic E-state index is -1.76. The van der Waals surface area contributed by atoms with Gasteiger partial charge in [0.1, 0.15) is 17.1 Å². The molecule has 1 aromatic heterocycles. The highest BCUT2D eigenvalue weighted by molar-refractivity contribution is 5.82. The molecule has 0 saturated heterocycles. The van der Waals surface area contributed by atoms with E-state index in [0.29, 0.717) is 28.2 Å². The van der Waals surface area contributed by atoms with Crippen molar-refractivity contribution >= 4 is 11.0 Å². The number of hydrogen-bond acceptors (Lipinski definition) is 7. The maximum Gasteiger partial charge on any atom is 0.344 e. The van der Waals surface area contributed by atoms with E-state index in [0.717, 1.165) is 5.39 Å². The van der Waals surface area contributed by atoms with Crippen LogP contribution in [-0.2, 0) is 0 Å². The van der Waals surface area contributed by atoms with Gasteiger partial charge in [0.15, 0.2) is 0 Å². The zero-order valence-electron chi connectivity index (χ0n) is 13.0. The summed E-state index contributed by atoms with van der Waals surface area (Å²) in [4.78, 5) is 12.2. The van der Waals surface area contributed by atoms with Crippen molar-refractivity contribution < 1.29 is 13.9 Å². The number of methoxy groups -OCH3 is 1. The van der Waals surface area contributed by atoms with Crippen molar-refractivity contribution in [1.29, 1.82) is 0 Å². The van der Waals surface area contributed by atoms with Crippen LogP contribution in [0.25, 0.3) is 22.1 Å². The van der Waals surface area contributed by atoms with Gasteiger partial charge in [-0.2, -0.15) is 0 Å². The van der Waals surface area contributed by atoms with Gasteiger partial charge in [-0.15, -0.1) is 0 Å². The van der Waals surface area contributed by atoms with E-state index in [1.165, 1.54) is 0 Å². The van der Waals surface area contributed by atoms with Crippen LogP contribution in [-0.4, -0.2) is 13.1 Å². The molecule has 7 heteroatoms. The monoisotopic (exact) mass is 327 g/mol. The predicted molar refractivity (Wildman–Crippen MR) is 90.4 cm³/mol. The van der Waals surface area contributed by atoms with E-state index >= 15 is 0 Å². The Labute approximate surface area is 137 Å². The average Bonchev–Trinajstić information content (AvgIpc) is 2.53. The summed E-state index contributed by atoms with van der Waals surface area (Å²) in [5.74, 6) is -0.752. The molecular weight excluding hydrogens is 310 g/mol. The Balaban J connectivity index is 2.00. The molecule has 24 heavy (non-hydrogen) atoms. The van der Waals surface area contributed by atoms with E-state index in [1.54, 1.807) is 49.6 Å². The van der Waals surface area contributed by atoms with E-state index in [9.17, 15) is 4.79 Å². The third kappa shape index (κ3) is 3.38. The molecule has 124 valence electrons. The Morgan fingerprint density at radius 2 is 1.62 bits per heavy atom. The molecule has 0 aliphatic carbocycles. The molecule has 0 aliphatic heterocycles. The van der Waals surface area contributed by atoms with Gasteiger partial charge in [0, 0.05) is 11.5 Å². The molecule has 7 nitrogen and oxygen atoms in total. The Hall–Kier alpha value is -2.87. The topological polar surface area (TPSA) is 127 Å². The van der Waals surface area contributed by atoms with Crippen LogP contribution < -0.4 is 32.3 Å². The number of fused-ring (bicyclic) bond motifs is 1. The minimum absolute atomic E-state index is 0.390. The van der Waals surface area contributed by atoms with Gasteiger partial charge < -0.3 is 13.9 Å². The van der Waals surface area contributed by atoms with Crippen molar-refractivity contribution in [3.8, 4) is 22.6 Å². The fourth-order valence-corrected chi connectivity index (χ4v) is 2.33. The van der Waals surface area contributed by atoms with Gasteiger partial charge in [0.2, 0.25) is 0 Å². The zero-order chi connectivity index (χ0) is 17.3. The summed E-state index contributed by atoms with van der Waals surface area (Å²) >= 11 is 0. The van der Waals surface area contributed by atoms with Gasteiger partial charge in [-0.25, -0.2) is 4.79 Å². The van der Waals surface area contributed by atoms with Gasteiger partial charge in [-0.3, -0.25) is 17.2 Å². The fourth-order valence-electron chi connectivity index (χ4n) is 2.33. The molecule has 0 unspecified atom stereocenters. The lowest BCUT2D eigenvalue weighted by Crippen LogP contribution is -2.62. The molecule has 6 N–H and O–H groups in total. The predicted octanol–water partition coefficient (Wildman–Crippen LogP) is 1.33. The summed E-state index contributed by atoms with van der Waals surface area (Å²) in [7, 11) is 1.55. The highest BCUT2D eigenvalue weighted by atomic mass is 16.5. The van der Waals surface area contributed by atoms with Crippen LogP contribution in [0.3, 0.4) is 0 Å². The fraction of sp³-hybridized carbons (Fsp3) is 0.118. The number of rotatable bonds is 4. The first-order chi connectivity index (χ1) is 11.4. The molecule has 0 atom stereocenters. The quantitative estimate of drug-likeness (QED) is 0.487. The first-order valence-corrected chi connectivity index (χ1v) is 7.14. The minimum Gasteiger partial charge on any atom is -0.497 e. The van der Waals surface area contributed by atoms with Gasteiger partial charge >= 0.3 is 5.63 Å². The standard InChI is InChI=1S/C17H17N3O4/c1-22-13-7-4-11-8-14(16(21)23-15(11)9-13)10-2-5-12(6-3-10)24-17(18,19)20/h2-9H,18-20H2,1H3. The average molecular weight is 327 g/mol. The number of hydrogen-bond donors (Lipinski definition) is 3. The summed E-state index contributed by atoms with van der Waals surface area (Å²) < 4.78 is 15.6. The number of nitrogens with two attached hydrogens (primary N) is 3. The number of benzene rings is 2. The first kappa shape index (κ1) is 16.0. The molecule has 1 heterocycles. The van der Waals surface area contributed by atoms with Crippen LogP contribution in [0.1, 0.15) is 0 Å². The lowest BCUT2D eigenvalue weighted by molar-refractivity contribution is 0.0902. The second-order valence-electron chi connectivity index (χ2n) is 5.33. The largest absolute Gasteiger partial charge is 0.497 e. The van der Waals surface area contributed by atoms with Crippen LogP contribution in [0.4, 0.5) is 0 Å². The lowest BCUT2D eigenvalue weighted by Gasteiger charge is -2.20. The Bertz CT molecular complexity index is 927.